The van der Waals surface area contributed by atoms with Gasteiger partial charge in [0, 0.05) is 23.1 Å². The molecular weight excluding hydrogens is 344 g/mol. The van der Waals surface area contributed by atoms with Gasteiger partial charge >= 0.3 is 5.97 Å². The molecule has 3 aromatic rings. The van der Waals surface area contributed by atoms with Gasteiger partial charge in [0.25, 0.3) is 0 Å². The highest BCUT2D eigenvalue weighted by atomic mass is 16.7. The SMILES string of the molecule is CCOC(=O)C1CNC(c2ccc3c(c2)OCO3)c2[nH]c3ccccc3c21. The van der Waals surface area contributed by atoms with Crippen molar-refractivity contribution in [1.29, 1.82) is 0 Å². The molecule has 2 unspecified atom stereocenters. The van der Waals surface area contributed by atoms with Crippen LogP contribution >= 0.6 is 0 Å². The molecule has 3 heterocycles. The summed E-state index contributed by atoms with van der Waals surface area (Å²) in [4.78, 5) is 16.1. The van der Waals surface area contributed by atoms with Gasteiger partial charge in [-0.1, -0.05) is 24.3 Å². The number of fused-ring (bicyclic) bond motifs is 4. The first-order valence-electron chi connectivity index (χ1n) is 9.16. The molecule has 5 rings (SSSR count). The molecule has 1 aromatic heterocycles. The van der Waals surface area contributed by atoms with E-state index in [0.717, 1.165) is 39.2 Å². The van der Waals surface area contributed by atoms with E-state index in [2.05, 4.69) is 16.4 Å². The normalized spacial score (nSPS) is 20.5. The van der Waals surface area contributed by atoms with Gasteiger partial charge < -0.3 is 24.5 Å². The third kappa shape index (κ3) is 2.56. The minimum Gasteiger partial charge on any atom is -0.465 e. The zero-order valence-electron chi connectivity index (χ0n) is 15.0. The molecule has 138 valence electrons. The molecular formula is C21H20N2O4. The maximum absolute atomic E-state index is 12.6. The highest BCUT2D eigenvalue weighted by molar-refractivity contribution is 5.92. The van der Waals surface area contributed by atoms with Crippen molar-refractivity contribution in [2.24, 2.45) is 0 Å². The van der Waals surface area contributed by atoms with Gasteiger partial charge in [-0.25, -0.2) is 0 Å². The third-order valence-electron chi connectivity index (χ3n) is 5.24. The third-order valence-corrected chi connectivity index (χ3v) is 5.24. The number of hydrogen-bond acceptors (Lipinski definition) is 5. The average molecular weight is 364 g/mol. The maximum Gasteiger partial charge on any atom is 0.314 e. The monoisotopic (exact) mass is 364 g/mol. The minimum absolute atomic E-state index is 0.0624. The number of hydrogen-bond donors (Lipinski definition) is 2. The van der Waals surface area contributed by atoms with Gasteiger partial charge in [-0.05, 0) is 36.2 Å². The van der Waals surface area contributed by atoms with Gasteiger partial charge in [-0.15, -0.1) is 0 Å². The van der Waals surface area contributed by atoms with E-state index in [4.69, 9.17) is 14.2 Å². The van der Waals surface area contributed by atoms with E-state index in [1.54, 1.807) is 0 Å². The number of benzene rings is 2. The van der Waals surface area contributed by atoms with Gasteiger partial charge in [0.2, 0.25) is 6.79 Å². The van der Waals surface area contributed by atoms with Crippen molar-refractivity contribution >= 4 is 16.9 Å². The lowest BCUT2D eigenvalue weighted by Gasteiger charge is -2.30. The second kappa shape index (κ2) is 6.32. The Morgan fingerprint density at radius 1 is 1.19 bits per heavy atom. The summed E-state index contributed by atoms with van der Waals surface area (Å²) < 4.78 is 16.3. The van der Waals surface area contributed by atoms with Crippen LogP contribution in [0.5, 0.6) is 11.5 Å². The lowest BCUT2D eigenvalue weighted by atomic mass is 9.87. The molecule has 0 spiro atoms. The van der Waals surface area contributed by atoms with Crippen LogP contribution in [-0.2, 0) is 9.53 Å². The van der Waals surface area contributed by atoms with E-state index in [0.29, 0.717) is 13.2 Å². The van der Waals surface area contributed by atoms with E-state index in [9.17, 15) is 4.79 Å². The van der Waals surface area contributed by atoms with Gasteiger partial charge in [0.15, 0.2) is 11.5 Å². The fourth-order valence-electron chi connectivity index (χ4n) is 4.05. The largest absolute Gasteiger partial charge is 0.465 e. The van der Waals surface area contributed by atoms with Crippen molar-refractivity contribution in [3.05, 3.63) is 59.3 Å². The molecule has 0 aliphatic carbocycles. The van der Waals surface area contributed by atoms with Crippen LogP contribution in [0, 0.1) is 0 Å². The molecule has 27 heavy (non-hydrogen) atoms. The lowest BCUT2D eigenvalue weighted by Crippen LogP contribution is -2.37. The van der Waals surface area contributed by atoms with Crippen LogP contribution in [-0.4, -0.2) is 30.9 Å². The van der Waals surface area contributed by atoms with Crippen LogP contribution in [0.25, 0.3) is 10.9 Å². The van der Waals surface area contributed by atoms with Crippen LogP contribution < -0.4 is 14.8 Å². The van der Waals surface area contributed by atoms with Crippen molar-refractivity contribution in [2.75, 3.05) is 19.9 Å². The number of aromatic amines is 1. The maximum atomic E-state index is 12.6. The van der Waals surface area contributed by atoms with Crippen molar-refractivity contribution in [3.63, 3.8) is 0 Å². The first-order chi connectivity index (χ1) is 13.3. The van der Waals surface area contributed by atoms with Crippen LogP contribution in [0.4, 0.5) is 0 Å². The smallest absolute Gasteiger partial charge is 0.314 e. The molecule has 6 heteroatoms. The van der Waals surface area contributed by atoms with Crippen LogP contribution in [0.15, 0.2) is 42.5 Å². The number of para-hydroxylation sites is 1. The predicted octanol–water partition coefficient (Wildman–Crippen LogP) is 3.24. The number of rotatable bonds is 3. The van der Waals surface area contributed by atoms with E-state index in [1.807, 2.05) is 43.3 Å². The Hall–Kier alpha value is -2.99. The van der Waals surface area contributed by atoms with E-state index in [1.165, 1.54) is 0 Å². The number of ether oxygens (including phenoxy) is 3. The van der Waals surface area contributed by atoms with Gasteiger partial charge in [-0.3, -0.25) is 4.79 Å². The van der Waals surface area contributed by atoms with Crippen LogP contribution in [0.3, 0.4) is 0 Å². The Morgan fingerprint density at radius 3 is 2.93 bits per heavy atom. The zero-order chi connectivity index (χ0) is 18.4. The predicted molar refractivity (Wildman–Crippen MR) is 100 cm³/mol. The highest BCUT2D eigenvalue weighted by Crippen LogP contribution is 2.41. The first kappa shape index (κ1) is 16.2. The molecule has 2 aliphatic rings. The summed E-state index contributed by atoms with van der Waals surface area (Å²) in [7, 11) is 0. The van der Waals surface area contributed by atoms with Crippen LogP contribution in [0.2, 0.25) is 0 Å². The first-order valence-corrected chi connectivity index (χ1v) is 9.16. The van der Waals surface area contributed by atoms with E-state index in [-0.39, 0.29) is 24.7 Å². The summed E-state index contributed by atoms with van der Waals surface area (Å²) in [5.41, 5.74) is 4.10. The summed E-state index contributed by atoms with van der Waals surface area (Å²) in [6.45, 7) is 2.98. The molecule has 2 N–H and O–H groups in total. The summed E-state index contributed by atoms with van der Waals surface area (Å²) in [5.74, 6) is 0.983. The Kier molecular flexibility index (Phi) is 3.79. The fraction of sp³-hybridized carbons (Fsp3) is 0.286. The number of carbonyl (C=O) groups is 1. The fourth-order valence-corrected chi connectivity index (χ4v) is 4.05. The highest BCUT2D eigenvalue weighted by Gasteiger charge is 2.36. The number of nitrogens with one attached hydrogen (secondary N) is 2. The molecule has 0 radical (unpaired) electrons. The molecule has 0 fully saturated rings. The molecule has 0 amide bonds. The van der Waals surface area contributed by atoms with E-state index < -0.39 is 0 Å². The zero-order valence-corrected chi connectivity index (χ0v) is 15.0. The van der Waals surface area contributed by atoms with Gasteiger partial charge in [0.1, 0.15) is 0 Å². The topological polar surface area (TPSA) is 72.6 Å². The summed E-state index contributed by atoms with van der Waals surface area (Å²) in [6.07, 6.45) is 0. The summed E-state index contributed by atoms with van der Waals surface area (Å²) >= 11 is 0. The molecule has 6 nitrogen and oxygen atoms in total. The Labute approximate surface area is 156 Å². The number of H-pyrrole nitrogens is 1. The van der Waals surface area contributed by atoms with Crippen LogP contribution in [0.1, 0.15) is 35.7 Å². The summed E-state index contributed by atoms with van der Waals surface area (Å²) in [6, 6.07) is 14.0. The lowest BCUT2D eigenvalue weighted by molar-refractivity contribution is -0.145. The van der Waals surface area contributed by atoms with E-state index >= 15 is 0 Å². The number of carbonyl (C=O) groups excluding carboxylic acids is 1. The number of esters is 1. The molecule has 0 saturated heterocycles. The quantitative estimate of drug-likeness (QED) is 0.698. The molecule has 2 atom stereocenters. The summed E-state index contributed by atoms with van der Waals surface area (Å²) in [5, 5.41) is 4.57. The molecule has 2 aromatic carbocycles. The Balaban J connectivity index is 1.63. The standard InChI is InChI=1S/C21H20N2O4/c1-2-25-21(24)14-10-22-19(12-7-8-16-17(9-12)27-11-26-16)20-18(14)13-5-3-4-6-15(13)23-20/h3-9,14,19,22-23H,2,10-11H2,1H3. The van der Waals surface area contributed by atoms with Crippen molar-refractivity contribution in [1.82, 2.24) is 10.3 Å². The number of aromatic nitrogens is 1. The Morgan fingerprint density at radius 2 is 2.04 bits per heavy atom. The van der Waals surface area contributed by atoms with Crippen molar-refractivity contribution in [2.45, 2.75) is 18.9 Å². The van der Waals surface area contributed by atoms with Crippen molar-refractivity contribution in [3.8, 4) is 11.5 Å². The van der Waals surface area contributed by atoms with Crippen molar-refractivity contribution < 1.29 is 19.0 Å². The Bertz CT molecular complexity index is 1030. The minimum atomic E-state index is -0.332. The van der Waals surface area contributed by atoms with Gasteiger partial charge in [-0.2, -0.15) is 0 Å². The second-order valence-corrected chi connectivity index (χ2v) is 6.76. The van der Waals surface area contributed by atoms with Gasteiger partial charge in [0.05, 0.1) is 18.6 Å². The molecule has 0 bridgehead atoms. The molecule has 2 aliphatic heterocycles. The average Bonchev–Trinajstić information content (AvgIpc) is 3.31. The molecule has 0 saturated carbocycles. The second-order valence-electron chi connectivity index (χ2n) is 6.76.